The molecule has 0 unspecified atom stereocenters. The molecule has 2 aromatic heterocycles. The summed E-state index contributed by atoms with van der Waals surface area (Å²) in [7, 11) is 1.28. The summed E-state index contributed by atoms with van der Waals surface area (Å²) in [6.45, 7) is 0. The van der Waals surface area contributed by atoms with Crippen molar-refractivity contribution < 1.29 is 19.1 Å². The lowest BCUT2D eigenvalue weighted by atomic mass is 10.2. The highest BCUT2D eigenvalue weighted by atomic mass is 79.9. The maximum atomic E-state index is 12.4. The molecule has 0 bridgehead atoms. The molecule has 0 aliphatic heterocycles. The average molecular weight is 460 g/mol. The standard InChI is InChI=1S/C19H14BrN3O4S/c1-27-19(26)15-7-6-14(28-15)18(25)22-13-4-2-3-11(9-13)17(24)23-16-8-5-12(20)10-21-16/h2-10H,1H3,(H,22,25)(H,21,23,24). The molecule has 0 aliphatic rings. The van der Waals surface area contributed by atoms with Gasteiger partial charge in [0, 0.05) is 21.9 Å². The number of thiophene rings is 1. The van der Waals surface area contributed by atoms with Gasteiger partial charge >= 0.3 is 5.97 Å². The molecule has 1 aromatic carbocycles. The monoisotopic (exact) mass is 459 g/mol. The molecular formula is C19H14BrN3O4S. The van der Waals surface area contributed by atoms with Crippen LogP contribution in [0.25, 0.3) is 0 Å². The molecule has 2 heterocycles. The fourth-order valence-electron chi connectivity index (χ4n) is 2.24. The average Bonchev–Trinajstić information content (AvgIpc) is 3.20. The minimum Gasteiger partial charge on any atom is -0.465 e. The van der Waals surface area contributed by atoms with E-state index in [1.807, 2.05) is 0 Å². The first-order valence-electron chi connectivity index (χ1n) is 7.99. The summed E-state index contributed by atoms with van der Waals surface area (Å²) in [6, 6.07) is 13.0. The third-order valence-corrected chi connectivity index (χ3v) is 5.10. The van der Waals surface area contributed by atoms with E-state index in [-0.39, 0.29) is 11.8 Å². The summed E-state index contributed by atoms with van der Waals surface area (Å²) in [5.41, 5.74) is 0.818. The van der Waals surface area contributed by atoms with Gasteiger partial charge in [-0.05, 0) is 58.4 Å². The number of carbonyl (C=O) groups is 3. The quantitative estimate of drug-likeness (QED) is 0.557. The number of carbonyl (C=O) groups excluding carboxylic acids is 3. The van der Waals surface area contributed by atoms with Crippen LogP contribution in [0, 0.1) is 0 Å². The Kier molecular flexibility index (Phi) is 6.17. The van der Waals surface area contributed by atoms with E-state index >= 15 is 0 Å². The Morgan fingerprint density at radius 2 is 1.79 bits per heavy atom. The first-order chi connectivity index (χ1) is 13.5. The molecule has 0 atom stereocenters. The third kappa shape index (κ3) is 4.81. The molecule has 3 rings (SSSR count). The topological polar surface area (TPSA) is 97.4 Å². The second-order valence-electron chi connectivity index (χ2n) is 5.51. The number of amides is 2. The Labute approximate surface area is 172 Å². The number of methoxy groups -OCH3 is 1. The minimum atomic E-state index is -0.496. The van der Waals surface area contributed by atoms with E-state index < -0.39 is 5.97 Å². The maximum absolute atomic E-state index is 12.4. The van der Waals surface area contributed by atoms with E-state index in [9.17, 15) is 14.4 Å². The first-order valence-corrected chi connectivity index (χ1v) is 9.59. The summed E-state index contributed by atoms with van der Waals surface area (Å²) in [5, 5.41) is 5.40. The van der Waals surface area contributed by atoms with Crippen molar-refractivity contribution in [1.29, 1.82) is 0 Å². The highest BCUT2D eigenvalue weighted by Crippen LogP contribution is 2.20. The van der Waals surface area contributed by atoms with Gasteiger partial charge in [0.2, 0.25) is 0 Å². The molecule has 0 spiro atoms. The van der Waals surface area contributed by atoms with Crippen LogP contribution in [0.3, 0.4) is 0 Å². The Morgan fingerprint density at radius 3 is 2.50 bits per heavy atom. The van der Waals surface area contributed by atoms with Gasteiger partial charge in [0.1, 0.15) is 10.7 Å². The largest absolute Gasteiger partial charge is 0.465 e. The Morgan fingerprint density at radius 1 is 1.00 bits per heavy atom. The highest BCUT2D eigenvalue weighted by Gasteiger charge is 2.15. The molecule has 0 saturated carbocycles. The smallest absolute Gasteiger partial charge is 0.348 e. The molecule has 3 aromatic rings. The van der Waals surface area contributed by atoms with Gasteiger partial charge in [-0.1, -0.05) is 6.07 Å². The fraction of sp³-hybridized carbons (Fsp3) is 0.0526. The van der Waals surface area contributed by atoms with Crippen molar-refractivity contribution in [2.24, 2.45) is 0 Å². The number of nitrogens with one attached hydrogen (secondary N) is 2. The number of rotatable bonds is 5. The van der Waals surface area contributed by atoms with Crippen LogP contribution in [0.1, 0.15) is 29.7 Å². The Balaban J connectivity index is 1.69. The predicted molar refractivity (Wildman–Crippen MR) is 110 cm³/mol. The lowest BCUT2D eigenvalue weighted by Gasteiger charge is -2.07. The molecule has 142 valence electrons. The number of ether oxygens (including phenoxy) is 1. The van der Waals surface area contributed by atoms with Gasteiger partial charge in [0.05, 0.1) is 12.0 Å². The molecule has 2 N–H and O–H groups in total. The van der Waals surface area contributed by atoms with Gasteiger partial charge in [-0.3, -0.25) is 9.59 Å². The van der Waals surface area contributed by atoms with Gasteiger partial charge in [-0.25, -0.2) is 9.78 Å². The number of hydrogen-bond acceptors (Lipinski definition) is 6. The van der Waals surface area contributed by atoms with Gasteiger partial charge in [0.25, 0.3) is 11.8 Å². The second-order valence-corrected chi connectivity index (χ2v) is 7.51. The molecule has 28 heavy (non-hydrogen) atoms. The van der Waals surface area contributed by atoms with Crippen molar-refractivity contribution >= 4 is 56.6 Å². The number of nitrogens with zero attached hydrogens (tertiary/aromatic N) is 1. The van der Waals surface area contributed by atoms with Crippen LogP contribution in [0.2, 0.25) is 0 Å². The number of benzene rings is 1. The van der Waals surface area contributed by atoms with E-state index in [0.29, 0.717) is 26.8 Å². The summed E-state index contributed by atoms with van der Waals surface area (Å²) in [4.78, 5) is 41.1. The van der Waals surface area contributed by atoms with Crippen molar-refractivity contribution in [2.75, 3.05) is 17.7 Å². The molecule has 0 radical (unpaired) electrons. The lowest BCUT2D eigenvalue weighted by molar-refractivity contribution is 0.0606. The minimum absolute atomic E-state index is 0.336. The first kappa shape index (κ1) is 19.7. The van der Waals surface area contributed by atoms with Gasteiger partial charge in [-0.15, -0.1) is 11.3 Å². The zero-order valence-corrected chi connectivity index (χ0v) is 17.0. The zero-order valence-electron chi connectivity index (χ0n) is 14.6. The van der Waals surface area contributed by atoms with E-state index in [4.69, 9.17) is 0 Å². The van der Waals surface area contributed by atoms with Crippen molar-refractivity contribution in [2.45, 2.75) is 0 Å². The van der Waals surface area contributed by atoms with Crippen LogP contribution in [0.5, 0.6) is 0 Å². The SMILES string of the molecule is COC(=O)c1ccc(C(=O)Nc2cccc(C(=O)Nc3ccc(Br)cn3)c2)s1. The van der Waals surface area contributed by atoms with Gasteiger partial charge < -0.3 is 15.4 Å². The van der Waals surface area contributed by atoms with E-state index in [1.54, 1.807) is 48.7 Å². The van der Waals surface area contributed by atoms with E-state index in [0.717, 1.165) is 15.8 Å². The molecule has 0 aliphatic carbocycles. The number of esters is 1. The number of aromatic nitrogens is 1. The summed E-state index contributed by atoms with van der Waals surface area (Å²) < 4.78 is 5.44. The number of anilines is 2. The summed E-state index contributed by atoms with van der Waals surface area (Å²) in [6.07, 6.45) is 1.58. The van der Waals surface area contributed by atoms with Crippen LogP contribution in [-0.4, -0.2) is 29.9 Å². The Bertz CT molecular complexity index is 1030. The van der Waals surface area contributed by atoms with Crippen molar-refractivity contribution in [3.63, 3.8) is 0 Å². The number of halogens is 1. The van der Waals surface area contributed by atoms with E-state index in [2.05, 4.69) is 36.3 Å². The summed E-state index contributed by atoms with van der Waals surface area (Å²) >= 11 is 4.31. The molecule has 0 fully saturated rings. The van der Waals surface area contributed by atoms with E-state index in [1.165, 1.54) is 13.2 Å². The molecule has 9 heteroatoms. The summed E-state index contributed by atoms with van der Waals surface area (Å²) in [5.74, 6) is -0.817. The van der Waals surface area contributed by atoms with Crippen LogP contribution in [0.4, 0.5) is 11.5 Å². The predicted octanol–water partition coefficient (Wildman–Crippen LogP) is 4.20. The lowest BCUT2D eigenvalue weighted by Crippen LogP contribution is -2.14. The van der Waals surface area contributed by atoms with Gasteiger partial charge in [0.15, 0.2) is 0 Å². The molecular weight excluding hydrogens is 446 g/mol. The number of pyridine rings is 1. The van der Waals surface area contributed by atoms with Crippen LogP contribution < -0.4 is 10.6 Å². The highest BCUT2D eigenvalue weighted by molar-refractivity contribution is 9.10. The van der Waals surface area contributed by atoms with Crippen molar-refractivity contribution in [3.8, 4) is 0 Å². The Hall–Kier alpha value is -3.04. The second kappa shape index (κ2) is 8.77. The van der Waals surface area contributed by atoms with Gasteiger partial charge in [-0.2, -0.15) is 0 Å². The number of hydrogen-bond donors (Lipinski definition) is 2. The third-order valence-electron chi connectivity index (χ3n) is 3.57. The zero-order chi connectivity index (χ0) is 20.1. The molecule has 0 saturated heterocycles. The molecule has 2 amide bonds. The van der Waals surface area contributed by atoms with Crippen molar-refractivity contribution in [3.05, 3.63) is 74.5 Å². The molecule has 7 nitrogen and oxygen atoms in total. The fourth-order valence-corrected chi connectivity index (χ4v) is 3.29. The van der Waals surface area contributed by atoms with Crippen LogP contribution >= 0.6 is 27.3 Å². The van der Waals surface area contributed by atoms with Crippen molar-refractivity contribution in [1.82, 2.24) is 4.98 Å². The van der Waals surface area contributed by atoms with Crippen LogP contribution in [0.15, 0.2) is 59.2 Å². The van der Waals surface area contributed by atoms with Crippen LogP contribution in [-0.2, 0) is 4.74 Å². The maximum Gasteiger partial charge on any atom is 0.348 e. The normalized spacial score (nSPS) is 10.2.